The van der Waals surface area contributed by atoms with E-state index in [-0.39, 0.29) is 11.8 Å². The quantitative estimate of drug-likeness (QED) is 0.0425. The number of hydrogen-bond donors (Lipinski definition) is 0. The number of thiophene rings is 3. The van der Waals surface area contributed by atoms with E-state index < -0.39 is 0 Å². The number of benzene rings is 2. The summed E-state index contributed by atoms with van der Waals surface area (Å²) in [7, 11) is 0. The fourth-order valence-corrected chi connectivity index (χ4v) is 12.8. The van der Waals surface area contributed by atoms with Crippen LogP contribution in [0.5, 0.6) is 0 Å². The smallest absolute Gasteiger partial charge is 0.263 e. The summed E-state index contributed by atoms with van der Waals surface area (Å²) in [5, 5.41) is 2.69. The standard InChI is InChI=1S/C53H68N2O2S3/c1-6-9-12-15-18-21-24-40(25-22-19-16-13-10-7-2)55-43-35-37(4)26-29-41(43)42-30-28-39(36-44(42)55)45-32-33-47(59-45)51-49-48(50(60-51)46-31-27-38(5)58-46)52(56)54(53(49)57)34-23-20-17-14-11-8-3/h26-33,35-36,40H,6-25,34H2,1-5H3. The lowest BCUT2D eigenvalue weighted by Crippen LogP contribution is -2.31. The predicted molar refractivity (Wildman–Crippen MR) is 263 cm³/mol. The second-order valence-electron chi connectivity index (χ2n) is 17.5. The molecule has 2 aromatic carbocycles. The van der Waals surface area contributed by atoms with Gasteiger partial charge in [0.05, 0.1) is 26.4 Å². The number of carbonyl (C=O) groups is 2. The molecule has 0 unspecified atom stereocenters. The molecular formula is C53H68N2O2S3. The first-order valence-electron chi connectivity index (χ1n) is 23.6. The Hall–Kier alpha value is -3.52. The lowest BCUT2D eigenvalue weighted by atomic mass is 9.99. The summed E-state index contributed by atoms with van der Waals surface area (Å²) in [5.74, 6) is -0.235. The van der Waals surface area contributed by atoms with Gasteiger partial charge >= 0.3 is 0 Å². The van der Waals surface area contributed by atoms with Gasteiger partial charge in [0, 0.05) is 48.4 Å². The van der Waals surface area contributed by atoms with Crippen molar-refractivity contribution >= 4 is 67.6 Å². The molecular weight excluding hydrogens is 793 g/mol. The molecule has 0 N–H and O–H groups in total. The minimum Gasteiger partial charge on any atom is -0.337 e. The molecule has 0 atom stereocenters. The summed E-state index contributed by atoms with van der Waals surface area (Å²) in [6.07, 6.45) is 25.0. The number of aromatic nitrogens is 1. The number of amides is 2. The van der Waals surface area contributed by atoms with Gasteiger partial charge in [0.15, 0.2) is 0 Å². The van der Waals surface area contributed by atoms with E-state index in [0.29, 0.717) is 23.7 Å². The monoisotopic (exact) mass is 860 g/mol. The van der Waals surface area contributed by atoms with Crippen molar-refractivity contribution in [2.24, 2.45) is 0 Å². The number of hydrogen-bond acceptors (Lipinski definition) is 5. The van der Waals surface area contributed by atoms with Gasteiger partial charge in [-0.2, -0.15) is 0 Å². The Balaban J connectivity index is 1.22. The molecule has 60 heavy (non-hydrogen) atoms. The summed E-state index contributed by atoms with van der Waals surface area (Å²) in [4.78, 5) is 36.3. The average Bonchev–Trinajstić information content (AvgIpc) is 4.08. The number of unbranched alkanes of at least 4 members (excludes halogenated alkanes) is 15. The van der Waals surface area contributed by atoms with Gasteiger partial charge in [-0.1, -0.05) is 154 Å². The summed E-state index contributed by atoms with van der Waals surface area (Å²) >= 11 is 5.08. The van der Waals surface area contributed by atoms with Crippen LogP contribution in [0.25, 0.3) is 51.8 Å². The second kappa shape index (κ2) is 21.5. The van der Waals surface area contributed by atoms with Crippen LogP contribution in [0.4, 0.5) is 0 Å². The third kappa shape index (κ3) is 10.1. The van der Waals surface area contributed by atoms with Gasteiger partial charge in [0.25, 0.3) is 11.8 Å². The van der Waals surface area contributed by atoms with Crippen molar-refractivity contribution in [1.29, 1.82) is 0 Å². The van der Waals surface area contributed by atoms with Crippen LogP contribution in [-0.2, 0) is 0 Å². The van der Waals surface area contributed by atoms with E-state index >= 15 is 0 Å². The fourth-order valence-electron chi connectivity index (χ4n) is 9.40. The summed E-state index contributed by atoms with van der Waals surface area (Å²) in [6.45, 7) is 11.7. The Morgan fingerprint density at radius 1 is 0.500 bits per heavy atom. The predicted octanol–water partition coefficient (Wildman–Crippen LogP) is 17.6. The second-order valence-corrected chi connectivity index (χ2v) is 20.9. The lowest BCUT2D eigenvalue weighted by Gasteiger charge is -2.22. The first-order valence-corrected chi connectivity index (χ1v) is 26.0. The molecule has 0 fully saturated rings. The zero-order valence-electron chi connectivity index (χ0n) is 37.1. The van der Waals surface area contributed by atoms with Crippen molar-refractivity contribution < 1.29 is 9.59 Å². The molecule has 7 heteroatoms. The third-order valence-electron chi connectivity index (χ3n) is 12.7. The number of carbonyl (C=O) groups excluding carboxylic acids is 2. The van der Waals surface area contributed by atoms with Gasteiger partial charge in [0.1, 0.15) is 0 Å². The normalized spacial score (nSPS) is 13.0. The maximum absolute atomic E-state index is 14.2. The van der Waals surface area contributed by atoms with Crippen LogP contribution in [-0.4, -0.2) is 27.8 Å². The summed E-state index contributed by atoms with van der Waals surface area (Å²) < 4.78 is 2.73. The van der Waals surface area contributed by atoms with E-state index in [9.17, 15) is 9.59 Å². The molecule has 1 aliphatic heterocycles. The van der Waals surface area contributed by atoms with E-state index in [4.69, 9.17) is 0 Å². The molecule has 0 radical (unpaired) electrons. The van der Waals surface area contributed by atoms with E-state index in [1.165, 1.54) is 152 Å². The van der Waals surface area contributed by atoms with Crippen molar-refractivity contribution in [3.63, 3.8) is 0 Å². The molecule has 7 rings (SSSR count). The van der Waals surface area contributed by atoms with Crippen molar-refractivity contribution in [2.45, 2.75) is 169 Å². The maximum atomic E-state index is 14.2. The molecule has 2 amide bonds. The fraction of sp³-hybridized carbons (Fsp3) is 0.509. The van der Waals surface area contributed by atoms with Crippen LogP contribution in [0.3, 0.4) is 0 Å². The highest BCUT2D eigenvalue weighted by atomic mass is 32.1. The van der Waals surface area contributed by atoms with Crippen LogP contribution < -0.4 is 0 Å². The molecule has 4 nitrogen and oxygen atoms in total. The van der Waals surface area contributed by atoms with Crippen molar-refractivity contribution in [3.05, 3.63) is 82.2 Å². The zero-order valence-corrected chi connectivity index (χ0v) is 39.6. The number of rotatable bonds is 25. The molecule has 0 saturated carbocycles. The number of nitrogens with zero attached hydrogens (tertiary/aromatic N) is 2. The van der Waals surface area contributed by atoms with Crippen LogP contribution >= 0.6 is 34.0 Å². The highest BCUT2D eigenvalue weighted by Crippen LogP contribution is 2.50. The molecule has 5 heterocycles. The molecule has 1 aliphatic rings. The highest BCUT2D eigenvalue weighted by Gasteiger charge is 2.42. The Morgan fingerprint density at radius 2 is 1.00 bits per heavy atom. The first-order chi connectivity index (χ1) is 29.3. The van der Waals surface area contributed by atoms with E-state index in [1.54, 1.807) is 38.9 Å². The molecule has 6 aromatic rings. The van der Waals surface area contributed by atoms with Crippen LogP contribution in [0, 0.1) is 13.8 Å². The zero-order chi connectivity index (χ0) is 42.0. The van der Waals surface area contributed by atoms with E-state index in [2.05, 4.69) is 99.8 Å². The van der Waals surface area contributed by atoms with Crippen molar-refractivity contribution in [1.82, 2.24) is 9.47 Å². The Bertz CT molecular complexity index is 2340. The first kappa shape index (κ1) is 44.5. The maximum Gasteiger partial charge on any atom is 0.263 e. The Morgan fingerprint density at radius 3 is 1.58 bits per heavy atom. The van der Waals surface area contributed by atoms with Crippen LogP contribution in [0.1, 0.15) is 186 Å². The summed E-state index contributed by atoms with van der Waals surface area (Å²) in [6, 6.07) is 23.3. The van der Waals surface area contributed by atoms with E-state index in [0.717, 1.165) is 38.8 Å². The van der Waals surface area contributed by atoms with Gasteiger partial charge in [-0.25, -0.2) is 0 Å². The third-order valence-corrected chi connectivity index (χ3v) is 16.4. The topological polar surface area (TPSA) is 42.3 Å². The minimum absolute atomic E-state index is 0.117. The van der Waals surface area contributed by atoms with Crippen LogP contribution in [0.2, 0.25) is 0 Å². The van der Waals surface area contributed by atoms with Crippen LogP contribution in [0.15, 0.2) is 60.7 Å². The molecule has 4 aromatic heterocycles. The van der Waals surface area contributed by atoms with E-state index in [1.807, 2.05) is 0 Å². The van der Waals surface area contributed by atoms with Gasteiger partial charge in [-0.15, -0.1) is 34.0 Å². The van der Waals surface area contributed by atoms with Crippen molar-refractivity contribution in [3.8, 4) is 29.9 Å². The molecule has 0 aliphatic carbocycles. The van der Waals surface area contributed by atoms with Gasteiger partial charge in [0.2, 0.25) is 0 Å². The minimum atomic E-state index is -0.118. The lowest BCUT2D eigenvalue weighted by molar-refractivity contribution is 0.0652. The largest absolute Gasteiger partial charge is 0.337 e. The molecule has 0 spiro atoms. The van der Waals surface area contributed by atoms with Gasteiger partial charge in [-0.05, 0) is 80.6 Å². The number of aryl methyl sites for hydroxylation is 2. The van der Waals surface area contributed by atoms with Gasteiger partial charge < -0.3 is 4.57 Å². The van der Waals surface area contributed by atoms with Gasteiger partial charge in [-0.3, -0.25) is 14.5 Å². The molecule has 0 bridgehead atoms. The molecule has 0 saturated heterocycles. The average molecular weight is 861 g/mol. The Labute approximate surface area is 372 Å². The Kier molecular flexibility index (Phi) is 16.0. The summed E-state index contributed by atoms with van der Waals surface area (Å²) in [5.41, 5.74) is 6.46. The molecule has 320 valence electrons. The highest BCUT2D eigenvalue weighted by molar-refractivity contribution is 7.28. The number of fused-ring (bicyclic) bond motifs is 4. The van der Waals surface area contributed by atoms with Crippen molar-refractivity contribution in [2.75, 3.05) is 6.54 Å². The SMILES string of the molecule is CCCCCCCCC(CCCCCCCC)n1c2cc(C)ccc2c2ccc(-c3ccc(-c4sc(-c5ccc(C)s5)c5c4C(=O)N(CCCCCCCC)C5=O)s3)cc21. The number of imide groups is 1.